The third-order valence-corrected chi connectivity index (χ3v) is 2.66. The third kappa shape index (κ3) is 2.48. The van der Waals surface area contributed by atoms with Gasteiger partial charge in [-0.25, -0.2) is 9.97 Å². The number of hydrogen-bond donors (Lipinski definition) is 1. The molecule has 1 aliphatic rings. The number of nitrogens with zero attached hydrogens (tertiary/aromatic N) is 3. The fourth-order valence-corrected chi connectivity index (χ4v) is 1.67. The highest BCUT2D eigenvalue weighted by atomic mass is 16.4. The van der Waals surface area contributed by atoms with Crippen LogP contribution in [-0.2, 0) is 11.2 Å². The van der Waals surface area contributed by atoms with Gasteiger partial charge in [0, 0.05) is 17.8 Å². The largest absolute Gasteiger partial charge is 0.480 e. The maximum absolute atomic E-state index is 10.8. The van der Waals surface area contributed by atoms with Crippen LogP contribution in [0, 0.1) is 0 Å². The maximum atomic E-state index is 10.8. The first-order valence-corrected chi connectivity index (χ1v) is 5.50. The lowest BCUT2D eigenvalue weighted by Crippen LogP contribution is -2.32. The summed E-state index contributed by atoms with van der Waals surface area (Å²) in [6.07, 6.45) is 4.45. The fraction of sp³-hybridized carbons (Fsp3) is 0.545. The predicted molar refractivity (Wildman–Crippen MR) is 59.4 cm³/mol. The molecule has 0 aliphatic heterocycles. The molecule has 2 rings (SSSR count). The minimum Gasteiger partial charge on any atom is -0.480 e. The van der Waals surface area contributed by atoms with Crippen molar-refractivity contribution in [3.05, 3.63) is 18.1 Å². The van der Waals surface area contributed by atoms with E-state index in [-0.39, 0.29) is 6.54 Å². The zero-order chi connectivity index (χ0) is 11.5. The van der Waals surface area contributed by atoms with E-state index in [0.717, 1.165) is 30.8 Å². The molecule has 5 heteroatoms. The second-order valence-corrected chi connectivity index (χ2v) is 3.97. The summed E-state index contributed by atoms with van der Waals surface area (Å²) in [6, 6.07) is 2.22. The molecule has 1 fully saturated rings. The Bertz CT molecular complexity index is 391. The minimum atomic E-state index is -0.816. The van der Waals surface area contributed by atoms with Crippen LogP contribution in [-0.4, -0.2) is 33.6 Å². The molecule has 5 nitrogen and oxygen atoms in total. The Labute approximate surface area is 94.1 Å². The van der Waals surface area contributed by atoms with Crippen LogP contribution in [0.1, 0.15) is 25.5 Å². The van der Waals surface area contributed by atoms with Crippen LogP contribution in [0.5, 0.6) is 0 Å². The molecular weight excluding hydrogens is 206 g/mol. The molecule has 16 heavy (non-hydrogen) atoms. The normalized spacial score (nSPS) is 14.8. The van der Waals surface area contributed by atoms with Gasteiger partial charge >= 0.3 is 5.97 Å². The number of hydrogen-bond acceptors (Lipinski definition) is 4. The summed E-state index contributed by atoms with van der Waals surface area (Å²) < 4.78 is 0. The fourth-order valence-electron chi connectivity index (χ4n) is 1.67. The Morgan fingerprint density at radius 3 is 2.88 bits per heavy atom. The van der Waals surface area contributed by atoms with Crippen molar-refractivity contribution in [2.45, 2.75) is 32.2 Å². The van der Waals surface area contributed by atoms with E-state index in [1.165, 1.54) is 6.33 Å². The predicted octanol–water partition coefficient (Wildman–Crippen LogP) is 1.09. The second-order valence-electron chi connectivity index (χ2n) is 3.97. The van der Waals surface area contributed by atoms with Crippen molar-refractivity contribution in [2.24, 2.45) is 0 Å². The van der Waals surface area contributed by atoms with Crippen LogP contribution in [0.25, 0.3) is 0 Å². The Balaban J connectivity index is 2.20. The van der Waals surface area contributed by atoms with E-state index < -0.39 is 5.97 Å². The van der Waals surface area contributed by atoms with E-state index in [4.69, 9.17) is 5.11 Å². The quantitative estimate of drug-likeness (QED) is 0.806. The zero-order valence-corrected chi connectivity index (χ0v) is 9.26. The average Bonchev–Trinajstić information content (AvgIpc) is 3.09. The molecule has 0 amide bonds. The molecule has 0 radical (unpaired) electrons. The first-order valence-electron chi connectivity index (χ1n) is 5.50. The molecule has 1 heterocycles. The second kappa shape index (κ2) is 4.47. The highest BCUT2D eigenvalue weighted by Crippen LogP contribution is 2.30. The first kappa shape index (κ1) is 10.9. The van der Waals surface area contributed by atoms with Gasteiger partial charge in [0.1, 0.15) is 18.7 Å². The van der Waals surface area contributed by atoms with Gasteiger partial charge in [-0.3, -0.25) is 4.79 Å². The monoisotopic (exact) mass is 221 g/mol. The average molecular weight is 221 g/mol. The van der Waals surface area contributed by atoms with E-state index in [9.17, 15) is 4.79 Å². The SMILES string of the molecule is CCc1cc(N(CC(=O)O)C2CC2)ncn1. The van der Waals surface area contributed by atoms with Crippen molar-refractivity contribution in [3.63, 3.8) is 0 Å². The summed E-state index contributed by atoms with van der Waals surface area (Å²) in [4.78, 5) is 20.9. The van der Waals surface area contributed by atoms with Crippen molar-refractivity contribution in [1.29, 1.82) is 0 Å². The number of aryl methyl sites for hydroxylation is 1. The van der Waals surface area contributed by atoms with Gasteiger partial charge in [-0.1, -0.05) is 6.92 Å². The molecule has 86 valence electrons. The Morgan fingerprint density at radius 2 is 2.31 bits per heavy atom. The number of rotatable bonds is 5. The molecular formula is C11H15N3O2. The zero-order valence-electron chi connectivity index (χ0n) is 9.26. The van der Waals surface area contributed by atoms with Crippen LogP contribution >= 0.6 is 0 Å². The van der Waals surface area contributed by atoms with Gasteiger partial charge in [-0.2, -0.15) is 0 Å². The summed E-state index contributed by atoms with van der Waals surface area (Å²) in [7, 11) is 0. The van der Waals surface area contributed by atoms with Gasteiger partial charge < -0.3 is 10.0 Å². The molecule has 0 saturated heterocycles. The topological polar surface area (TPSA) is 66.3 Å². The van der Waals surface area contributed by atoms with E-state index in [1.807, 2.05) is 17.9 Å². The number of aliphatic carboxylic acids is 1. The lowest BCUT2D eigenvalue weighted by atomic mass is 10.3. The number of carboxylic acids is 1. The highest BCUT2D eigenvalue weighted by molar-refractivity contribution is 5.73. The van der Waals surface area contributed by atoms with Crippen molar-refractivity contribution in [3.8, 4) is 0 Å². The standard InChI is InChI=1S/C11H15N3O2/c1-2-8-5-10(13-7-12-8)14(6-11(15)16)9-3-4-9/h5,7,9H,2-4,6H2,1H3,(H,15,16). The van der Waals surface area contributed by atoms with Crippen LogP contribution in [0.15, 0.2) is 12.4 Å². The summed E-state index contributed by atoms with van der Waals surface area (Å²) >= 11 is 0. The van der Waals surface area contributed by atoms with Gasteiger partial charge in [0.05, 0.1) is 0 Å². The maximum Gasteiger partial charge on any atom is 0.323 e. The first-order chi connectivity index (χ1) is 7.70. The summed E-state index contributed by atoms with van der Waals surface area (Å²) in [5.41, 5.74) is 0.945. The van der Waals surface area contributed by atoms with Crippen LogP contribution in [0.4, 0.5) is 5.82 Å². The van der Waals surface area contributed by atoms with Crippen molar-refractivity contribution in [2.75, 3.05) is 11.4 Å². The number of aromatic nitrogens is 2. The molecule has 0 spiro atoms. The molecule has 0 aromatic carbocycles. The van der Waals surface area contributed by atoms with Crippen LogP contribution < -0.4 is 4.90 Å². The van der Waals surface area contributed by atoms with Gasteiger partial charge in [0.2, 0.25) is 0 Å². The Hall–Kier alpha value is -1.65. The molecule has 1 aromatic heterocycles. The van der Waals surface area contributed by atoms with Gasteiger partial charge in [0.15, 0.2) is 0 Å². The number of anilines is 1. The van der Waals surface area contributed by atoms with Crippen LogP contribution in [0.2, 0.25) is 0 Å². The Morgan fingerprint density at radius 1 is 1.56 bits per heavy atom. The number of carbonyl (C=O) groups is 1. The molecule has 1 N–H and O–H groups in total. The molecule has 1 aromatic rings. The van der Waals surface area contributed by atoms with Gasteiger partial charge in [-0.05, 0) is 19.3 Å². The summed E-state index contributed by atoms with van der Waals surface area (Å²) in [5, 5.41) is 8.86. The summed E-state index contributed by atoms with van der Waals surface area (Å²) in [5.74, 6) is -0.0830. The minimum absolute atomic E-state index is 0.0187. The van der Waals surface area contributed by atoms with Gasteiger partial charge in [0.25, 0.3) is 0 Å². The lowest BCUT2D eigenvalue weighted by molar-refractivity contribution is -0.135. The van der Waals surface area contributed by atoms with Crippen molar-refractivity contribution >= 4 is 11.8 Å². The molecule has 0 bridgehead atoms. The van der Waals surface area contributed by atoms with Crippen molar-refractivity contribution < 1.29 is 9.90 Å². The van der Waals surface area contributed by atoms with E-state index >= 15 is 0 Å². The van der Waals surface area contributed by atoms with Crippen LogP contribution in [0.3, 0.4) is 0 Å². The smallest absolute Gasteiger partial charge is 0.323 e. The highest BCUT2D eigenvalue weighted by Gasteiger charge is 2.31. The molecule has 1 aliphatic carbocycles. The molecule has 1 saturated carbocycles. The van der Waals surface area contributed by atoms with E-state index in [1.54, 1.807) is 0 Å². The van der Waals surface area contributed by atoms with E-state index in [2.05, 4.69) is 9.97 Å². The lowest BCUT2D eigenvalue weighted by Gasteiger charge is -2.21. The third-order valence-electron chi connectivity index (χ3n) is 2.66. The molecule has 0 atom stereocenters. The summed E-state index contributed by atoms with van der Waals surface area (Å²) in [6.45, 7) is 2.04. The Kier molecular flexibility index (Phi) is 3.03. The van der Waals surface area contributed by atoms with E-state index in [0.29, 0.717) is 6.04 Å². The number of carboxylic acid groups (broad SMARTS) is 1. The van der Waals surface area contributed by atoms with Gasteiger partial charge in [-0.15, -0.1) is 0 Å². The van der Waals surface area contributed by atoms with Crippen molar-refractivity contribution in [1.82, 2.24) is 9.97 Å². The molecule has 0 unspecified atom stereocenters.